The van der Waals surface area contributed by atoms with E-state index < -0.39 is 0 Å². The minimum atomic E-state index is 0.911. The first-order chi connectivity index (χ1) is 8.84. The number of benzene rings is 1. The summed E-state index contributed by atoms with van der Waals surface area (Å²) < 4.78 is 0. The quantitative estimate of drug-likeness (QED) is 0.739. The van der Waals surface area contributed by atoms with Crippen LogP contribution in [-0.2, 0) is 6.42 Å². The third-order valence-corrected chi connectivity index (χ3v) is 3.21. The Bertz CT molecular complexity index is 260. The van der Waals surface area contributed by atoms with Crippen LogP contribution in [0, 0.1) is 5.92 Å². The lowest BCUT2D eigenvalue weighted by molar-refractivity contribution is 0.219. The second-order valence-corrected chi connectivity index (χ2v) is 4.44. The molecule has 0 N–H and O–H groups in total. The summed E-state index contributed by atoms with van der Waals surface area (Å²) >= 11 is 0. The van der Waals surface area contributed by atoms with Crippen molar-refractivity contribution in [3.63, 3.8) is 0 Å². The molecule has 0 saturated carbocycles. The third-order valence-electron chi connectivity index (χ3n) is 3.21. The second kappa shape index (κ2) is 11.3. The van der Waals surface area contributed by atoms with E-state index in [0.717, 1.165) is 5.92 Å². The van der Waals surface area contributed by atoms with Crippen molar-refractivity contribution in [2.24, 2.45) is 5.92 Å². The maximum absolute atomic E-state index is 2.43. The van der Waals surface area contributed by atoms with Gasteiger partial charge in [-0.05, 0) is 50.9 Å². The van der Waals surface area contributed by atoms with Crippen LogP contribution < -0.4 is 0 Å². The number of likely N-dealkylation sites (tertiary alicyclic amines) is 1. The Morgan fingerprint density at radius 3 is 1.94 bits per heavy atom. The van der Waals surface area contributed by atoms with Crippen molar-refractivity contribution in [2.45, 2.75) is 47.0 Å². The molecule has 0 amide bonds. The molecule has 1 aliphatic heterocycles. The summed E-state index contributed by atoms with van der Waals surface area (Å²) in [5.41, 5.74) is 1.50. The third kappa shape index (κ3) is 6.80. The molecule has 0 atom stereocenters. The van der Waals surface area contributed by atoms with E-state index in [-0.39, 0.29) is 0 Å². The van der Waals surface area contributed by atoms with Gasteiger partial charge in [0.15, 0.2) is 0 Å². The van der Waals surface area contributed by atoms with Gasteiger partial charge in [0.1, 0.15) is 0 Å². The summed E-state index contributed by atoms with van der Waals surface area (Å²) in [6.07, 6.45) is 4.01. The molecule has 0 aliphatic carbocycles. The first-order valence-corrected chi connectivity index (χ1v) is 7.57. The molecular formula is C17H31N. The van der Waals surface area contributed by atoms with Crippen molar-refractivity contribution in [2.75, 3.05) is 20.1 Å². The average Bonchev–Trinajstić information content (AvgIpc) is 2.47. The standard InChI is InChI=1S/C13H19N.2C2H6/c1-14-9-7-13(8-10-14)11-12-5-3-2-4-6-12;2*1-2/h2-6,13H,7-11H2,1H3;2*1-2H3. The zero-order valence-electron chi connectivity index (χ0n) is 12.9. The minimum absolute atomic E-state index is 0.911. The van der Waals surface area contributed by atoms with Gasteiger partial charge in [0.2, 0.25) is 0 Å². The van der Waals surface area contributed by atoms with E-state index in [1.165, 1.54) is 37.9 Å². The number of hydrogen-bond donors (Lipinski definition) is 0. The summed E-state index contributed by atoms with van der Waals surface area (Å²) in [6, 6.07) is 10.9. The van der Waals surface area contributed by atoms with Crippen molar-refractivity contribution in [3.05, 3.63) is 35.9 Å². The molecule has 0 radical (unpaired) electrons. The largest absolute Gasteiger partial charge is 0.306 e. The lowest BCUT2D eigenvalue weighted by Gasteiger charge is -2.28. The Hall–Kier alpha value is -0.820. The summed E-state index contributed by atoms with van der Waals surface area (Å²) in [6.45, 7) is 10.6. The van der Waals surface area contributed by atoms with Gasteiger partial charge >= 0.3 is 0 Å². The smallest absolute Gasteiger partial charge is 0.00190 e. The van der Waals surface area contributed by atoms with Crippen molar-refractivity contribution in [1.82, 2.24) is 4.90 Å². The van der Waals surface area contributed by atoms with Crippen molar-refractivity contribution < 1.29 is 0 Å². The SMILES string of the molecule is CC.CC.CN1CCC(Cc2ccccc2)CC1. The van der Waals surface area contributed by atoms with Crippen LogP contribution >= 0.6 is 0 Å². The zero-order chi connectivity index (χ0) is 13.8. The zero-order valence-corrected chi connectivity index (χ0v) is 12.9. The molecule has 2 rings (SSSR count). The number of hydrogen-bond acceptors (Lipinski definition) is 1. The average molecular weight is 249 g/mol. The van der Waals surface area contributed by atoms with Crippen LogP contribution in [0.15, 0.2) is 30.3 Å². The van der Waals surface area contributed by atoms with Crippen LogP contribution in [0.4, 0.5) is 0 Å². The monoisotopic (exact) mass is 249 g/mol. The number of nitrogens with zero attached hydrogens (tertiary/aromatic N) is 1. The molecule has 0 unspecified atom stereocenters. The summed E-state index contributed by atoms with van der Waals surface area (Å²) in [4.78, 5) is 2.43. The molecule has 1 nitrogen and oxygen atoms in total. The van der Waals surface area contributed by atoms with Gasteiger partial charge in [0.05, 0.1) is 0 Å². The molecule has 1 aromatic rings. The van der Waals surface area contributed by atoms with Gasteiger partial charge in [0.25, 0.3) is 0 Å². The van der Waals surface area contributed by atoms with Crippen molar-refractivity contribution >= 4 is 0 Å². The maximum Gasteiger partial charge on any atom is -0.00190 e. The number of rotatable bonds is 2. The van der Waals surface area contributed by atoms with Crippen molar-refractivity contribution in [3.8, 4) is 0 Å². The highest BCUT2D eigenvalue weighted by atomic mass is 15.1. The van der Waals surface area contributed by atoms with E-state index in [0.29, 0.717) is 0 Å². The Morgan fingerprint density at radius 2 is 1.44 bits per heavy atom. The summed E-state index contributed by atoms with van der Waals surface area (Å²) in [7, 11) is 2.22. The van der Waals surface area contributed by atoms with E-state index in [4.69, 9.17) is 0 Å². The highest BCUT2D eigenvalue weighted by molar-refractivity contribution is 5.15. The van der Waals surface area contributed by atoms with E-state index in [2.05, 4.69) is 42.3 Å². The Balaban J connectivity index is 0.000000659. The maximum atomic E-state index is 2.43. The summed E-state index contributed by atoms with van der Waals surface area (Å²) in [5.74, 6) is 0.911. The van der Waals surface area contributed by atoms with E-state index in [1.54, 1.807) is 0 Å². The van der Waals surface area contributed by atoms with Crippen LogP contribution in [0.5, 0.6) is 0 Å². The molecule has 1 aliphatic rings. The van der Waals surface area contributed by atoms with E-state index >= 15 is 0 Å². The van der Waals surface area contributed by atoms with Crippen LogP contribution in [0.2, 0.25) is 0 Å². The highest BCUT2D eigenvalue weighted by Crippen LogP contribution is 2.20. The molecule has 1 aromatic carbocycles. The molecule has 104 valence electrons. The first kappa shape index (κ1) is 17.2. The topological polar surface area (TPSA) is 3.24 Å². The fourth-order valence-electron chi connectivity index (χ4n) is 2.21. The lowest BCUT2D eigenvalue weighted by Crippen LogP contribution is -2.30. The van der Waals surface area contributed by atoms with Gasteiger partial charge in [-0.25, -0.2) is 0 Å². The molecule has 1 fully saturated rings. The predicted octanol–water partition coefficient (Wildman–Crippen LogP) is 4.62. The predicted molar refractivity (Wildman–Crippen MR) is 83.1 cm³/mol. The molecule has 18 heavy (non-hydrogen) atoms. The second-order valence-electron chi connectivity index (χ2n) is 4.44. The van der Waals surface area contributed by atoms with Crippen LogP contribution in [0.1, 0.15) is 46.1 Å². The molecule has 0 aromatic heterocycles. The Morgan fingerprint density at radius 1 is 0.944 bits per heavy atom. The fourth-order valence-corrected chi connectivity index (χ4v) is 2.21. The molecule has 1 saturated heterocycles. The van der Waals surface area contributed by atoms with Gasteiger partial charge in [-0.2, -0.15) is 0 Å². The van der Waals surface area contributed by atoms with Crippen LogP contribution in [0.3, 0.4) is 0 Å². The van der Waals surface area contributed by atoms with Crippen LogP contribution in [0.25, 0.3) is 0 Å². The molecule has 0 bridgehead atoms. The van der Waals surface area contributed by atoms with Gasteiger partial charge in [0, 0.05) is 0 Å². The first-order valence-electron chi connectivity index (χ1n) is 7.57. The van der Waals surface area contributed by atoms with E-state index in [9.17, 15) is 0 Å². The minimum Gasteiger partial charge on any atom is -0.306 e. The Kier molecular flexibility index (Phi) is 10.8. The highest BCUT2D eigenvalue weighted by Gasteiger charge is 2.16. The van der Waals surface area contributed by atoms with Crippen molar-refractivity contribution in [1.29, 1.82) is 0 Å². The van der Waals surface area contributed by atoms with Gasteiger partial charge < -0.3 is 4.90 Å². The van der Waals surface area contributed by atoms with E-state index in [1.807, 2.05) is 27.7 Å². The summed E-state index contributed by atoms with van der Waals surface area (Å²) in [5, 5.41) is 0. The molecule has 1 heteroatoms. The van der Waals surface area contributed by atoms with Gasteiger partial charge in [-0.3, -0.25) is 0 Å². The fraction of sp³-hybridized carbons (Fsp3) is 0.647. The molecule has 1 heterocycles. The molecular weight excluding hydrogens is 218 g/mol. The Labute approximate surface area is 114 Å². The van der Waals surface area contributed by atoms with Gasteiger partial charge in [-0.15, -0.1) is 0 Å². The van der Waals surface area contributed by atoms with Gasteiger partial charge in [-0.1, -0.05) is 58.0 Å². The lowest BCUT2D eigenvalue weighted by atomic mass is 9.90. The van der Waals surface area contributed by atoms with Crippen LogP contribution in [-0.4, -0.2) is 25.0 Å². The molecule has 0 spiro atoms. The normalized spacial score (nSPS) is 16.1. The number of piperidine rings is 1.